The summed E-state index contributed by atoms with van der Waals surface area (Å²) in [6.45, 7) is 5.00. The Labute approximate surface area is 117 Å². The van der Waals surface area contributed by atoms with Gasteiger partial charge in [0, 0.05) is 39.8 Å². The third-order valence-corrected chi connectivity index (χ3v) is 4.71. The van der Waals surface area contributed by atoms with E-state index in [0.717, 1.165) is 30.6 Å². The first kappa shape index (κ1) is 13.4. The topological polar surface area (TPSA) is 72.2 Å². The highest BCUT2D eigenvalue weighted by atomic mass is 16.2. The molecule has 0 radical (unpaired) electrons. The first-order valence-corrected chi connectivity index (χ1v) is 7.16. The summed E-state index contributed by atoms with van der Waals surface area (Å²) in [5.74, 6) is 1.56. The maximum absolute atomic E-state index is 12.3. The van der Waals surface area contributed by atoms with Crippen LogP contribution in [0, 0.1) is 11.8 Å². The highest BCUT2D eigenvalue weighted by Crippen LogP contribution is 2.35. The molecule has 0 bridgehead atoms. The summed E-state index contributed by atoms with van der Waals surface area (Å²) >= 11 is 0. The summed E-state index contributed by atoms with van der Waals surface area (Å²) in [5, 5.41) is 7.64. The molecule has 2 aliphatic rings. The predicted molar refractivity (Wildman–Crippen MR) is 76.0 cm³/mol. The van der Waals surface area contributed by atoms with Crippen molar-refractivity contribution in [3.05, 3.63) is 20.8 Å². The molecular weight excluding hydrogens is 258 g/mol. The molecule has 0 amide bonds. The molecule has 0 saturated carbocycles. The van der Waals surface area contributed by atoms with Gasteiger partial charge >= 0.3 is 5.69 Å². The van der Waals surface area contributed by atoms with E-state index in [0.29, 0.717) is 23.7 Å². The number of hydrogen-bond donors (Lipinski definition) is 1. The Bertz CT molecular complexity index is 635. The maximum atomic E-state index is 12.3. The number of nitrogens with one attached hydrogen (secondary N) is 1. The molecule has 1 aromatic rings. The molecule has 1 aromatic heterocycles. The molecule has 2 saturated heterocycles. The van der Waals surface area contributed by atoms with Crippen LogP contribution in [0.2, 0.25) is 0 Å². The molecule has 1 N–H and O–H groups in total. The molecular formula is C13H21N5O2. The average molecular weight is 279 g/mol. The Kier molecular flexibility index (Phi) is 3.16. The summed E-state index contributed by atoms with van der Waals surface area (Å²) in [7, 11) is 3.10. The van der Waals surface area contributed by atoms with E-state index < -0.39 is 0 Å². The monoisotopic (exact) mass is 279 g/mol. The van der Waals surface area contributed by atoms with Gasteiger partial charge in [-0.3, -0.25) is 9.36 Å². The van der Waals surface area contributed by atoms with Crippen LogP contribution < -0.4 is 21.5 Å². The molecule has 3 atom stereocenters. The van der Waals surface area contributed by atoms with Gasteiger partial charge in [0.2, 0.25) is 5.82 Å². The van der Waals surface area contributed by atoms with Crippen molar-refractivity contribution in [3.63, 3.8) is 0 Å². The molecule has 3 unspecified atom stereocenters. The van der Waals surface area contributed by atoms with Crippen molar-refractivity contribution in [3.8, 4) is 0 Å². The molecule has 3 heterocycles. The van der Waals surface area contributed by atoms with Crippen LogP contribution in [0.5, 0.6) is 0 Å². The van der Waals surface area contributed by atoms with E-state index in [1.54, 1.807) is 7.05 Å². The lowest BCUT2D eigenvalue weighted by molar-refractivity contribution is 0.439. The van der Waals surface area contributed by atoms with Crippen molar-refractivity contribution in [1.29, 1.82) is 0 Å². The number of aryl methyl sites for hydroxylation is 1. The van der Waals surface area contributed by atoms with Crippen LogP contribution in [0.3, 0.4) is 0 Å². The maximum Gasteiger partial charge on any atom is 0.346 e. The molecule has 0 aromatic carbocycles. The lowest BCUT2D eigenvalue weighted by Gasteiger charge is -2.27. The van der Waals surface area contributed by atoms with Gasteiger partial charge in [-0.15, -0.1) is 5.10 Å². The van der Waals surface area contributed by atoms with Crippen molar-refractivity contribution in [2.24, 2.45) is 25.9 Å². The second-order valence-electron chi connectivity index (χ2n) is 5.80. The zero-order valence-corrected chi connectivity index (χ0v) is 12.2. The van der Waals surface area contributed by atoms with E-state index in [-0.39, 0.29) is 11.2 Å². The molecule has 20 heavy (non-hydrogen) atoms. The zero-order valence-electron chi connectivity index (χ0n) is 12.2. The fourth-order valence-electron chi connectivity index (χ4n) is 3.65. The van der Waals surface area contributed by atoms with E-state index in [9.17, 15) is 9.59 Å². The highest BCUT2D eigenvalue weighted by molar-refractivity contribution is 5.39. The summed E-state index contributed by atoms with van der Waals surface area (Å²) in [5.41, 5.74) is -0.674. The number of anilines is 1. The molecule has 0 spiro atoms. The van der Waals surface area contributed by atoms with Crippen molar-refractivity contribution in [1.82, 2.24) is 19.7 Å². The lowest BCUT2D eigenvalue weighted by Crippen LogP contribution is -2.45. The number of nitrogens with zero attached hydrogens (tertiary/aromatic N) is 4. The Morgan fingerprint density at radius 3 is 2.75 bits per heavy atom. The summed E-state index contributed by atoms with van der Waals surface area (Å²) < 4.78 is 2.39. The van der Waals surface area contributed by atoms with E-state index in [2.05, 4.69) is 22.2 Å². The largest absolute Gasteiger partial charge is 0.347 e. The molecule has 7 heteroatoms. The Morgan fingerprint density at radius 1 is 1.30 bits per heavy atom. The molecule has 2 fully saturated rings. The third kappa shape index (κ3) is 1.80. The van der Waals surface area contributed by atoms with E-state index in [4.69, 9.17) is 0 Å². The number of fused-ring (bicyclic) bond motifs is 1. The minimum absolute atomic E-state index is 0.292. The lowest BCUT2D eigenvalue weighted by atomic mass is 9.93. The van der Waals surface area contributed by atoms with E-state index >= 15 is 0 Å². The smallest absolute Gasteiger partial charge is 0.346 e. The van der Waals surface area contributed by atoms with Crippen molar-refractivity contribution >= 4 is 5.82 Å². The van der Waals surface area contributed by atoms with Gasteiger partial charge in [0.1, 0.15) is 0 Å². The van der Waals surface area contributed by atoms with Crippen molar-refractivity contribution in [2.75, 3.05) is 24.5 Å². The van der Waals surface area contributed by atoms with Crippen LogP contribution in [-0.2, 0) is 14.1 Å². The SMILES string of the molecule is CCC1C2CNCC2CN1c1nn(C)c(=O)n(C)c1=O. The number of rotatable bonds is 2. The fourth-order valence-corrected chi connectivity index (χ4v) is 3.65. The van der Waals surface area contributed by atoms with Gasteiger partial charge in [-0.1, -0.05) is 6.92 Å². The summed E-state index contributed by atoms with van der Waals surface area (Å²) in [4.78, 5) is 26.2. The number of hydrogen-bond acceptors (Lipinski definition) is 5. The van der Waals surface area contributed by atoms with Crippen LogP contribution in [0.1, 0.15) is 13.3 Å². The highest BCUT2D eigenvalue weighted by Gasteiger charge is 2.44. The quantitative estimate of drug-likeness (QED) is 0.745. The van der Waals surface area contributed by atoms with Crippen molar-refractivity contribution in [2.45, 2.75) is 19.4 Å². The fraction of sp³-hybridized carbons (Fsp3) is 0.769. The van der Waals surface area contributed by atoms with Gasteiger partial charge in [0.05, 0.1) is 0 Å². The Hall–Kier alpha value is -1.63. The average Bonchev–Trinajstić information content (AvgIpc) is 3.00. The van der Waals surface area contributed by atoms with Crippen LogP contribution in [0.15, 0.2) is 9.59 Å². The van der Waals surface area contributed by atoms with Gasteiger partial charge in [0.15, 0.2) is 0 Å². The van der Waals surface area contributed by atoms with Gasteiger partial charge < -0.3 is 10.2 Å². The standard InChI is InChI=1S/C13H21N5O2/c1-4-10-9-6-14-5-8(9)7-18(10)11-12(19)16(2)13(20)17(3)15-11/h8-10,14H,4-7H2,1-3H3. The van der Waals surface area contributed by atoms with Gasteiger partial charge in [-0.05, 0) is 18.3 Å². The molecule has 0 aliphatic carbocycles. The minimum atomic E-state index is -0.382. The second kappa shape index (κ2) is 4.73. The first-order valence-electron chi connectivity index (χ1n) is 7.16. The second-order valence-corrected chi connectivity index (χ2v) is 5.80. The Morgan fingerprint density at radius 2 is 2.05 bits per heavy atom. The van der Waals surface area contributed by atoms with E-state index in [1.165, 1.54) is 11.7 Å². The third-order valence-electron chi connectivity index (χ3n) is 4.71. The van der Waals surface area contributed by atoms with Crippen LogP contribution in [0.4, 0.5) is 5.82 Å². The van der Waals surface area contributed by atoms with Crippen LogP contribution in [-0.4, -0.2) is 40.0 Å². The summed E-state index contributed by atoms with van der Waals surface area (Å²) in [6.07, 6.45) is 0.983. The van der Waals surface area contributed by atoms with Gasteiger partial charge in [-0.25, -0.2) is 9.48 Å². The summed E-state index contributed by atoms with van der Waals surface area (Å²) in [6, 6.07) is 0.327. The first-order chi connectivity index (χ1) is 9.54. The van der Waals surface area contributed by atoms with Crippen LogP contribution in [0.25, 0.3) is 0 Å². The normalized spacial score (nSPS) is 28.9. The minimum Gasteiger partial charge on any atom is -0.347 e. The van der Waals surface area contributed by atoms with Crippen LogP contribution >= 0.6 is 0 Å². The Balaban J connectivity index is 2.06. The molecule has 110 valence electrons. The van der Waals surface area contributed by atoms with E-state index in [1.807, 2.05) is 0 Å². The van der Waals surface area contributed by atoms with Gasteiger partial charge in [0.25, 0.3) is 5.56 Å². The number of aromatic nitrogens is 3. The zero-order chi connectivity index (χ0) is 14.4. The molecule has 7 nitrogen and oxygen atoms in total. The molecule has 3 rings (SSSR count). The van der Waals surface area contributed by atoms with Gasteiger partial charge in [-0.2, -0.15) is 0 Å². The van der Waals surface area contributed by atoms with Crippen molar-refractivity contribution < 1.29 is 0 Å². The molecule has 2 aliphatic heterocycles. The predicted octanol–water partition coefficient (Wildman–Crippen LogP) is -1.09.